The lowest BCUT2D eigenvalue weighted by molar-refractivity contribution is 0.604. The summed E-state index contributed by atoms with van der Waals surface area (Å²) in [6, 6.07) is 3.12. The van der Waals surface area contributed by atoms with Crippen LogP contribution in [0.25, 0.3) is 0 Å². The van der Waals surface area contributed by atoms with E-state index in [1.807, 2.05) is 0 Å². The lowest BCUT2D eigenvalue weighted by atomic mass is 10.3. The standard InChI is InChI=1S/C7H5F2NS/c8-5-1-2-6(9)7(3-5)10-4-11/h1-4H,(H,10,11). The molecule has 58 valence electrons. The summed E-state index contributed by atoms with van der Waals surface area (Å²) in [6.45, 7) is 0. The van der Waals surface area contributed by atoms with Crippen LogP contribution in [0.4, 0.5) is 14.5 Å². The van der Waals surface area contributed by atoms with Crippen LogP contribution in [0.1, 0.15) is 0 Å². The zero-order valence-electron chi connectivity index (χ0n) is 5.47. The van der Waals surface area contributed by atoms with Crippen molar-refractivity contribution in [2.45, 2.75) is 0 Å². The topological polar surface area (TPSA) is 12.0 Å². The van der Waals surface area contributed by atoms with E-state index in [2.05, 4.69) is 17.5 Å². The van der Waals surface area contributed by atoms with Crippen LogP contribution < -0.4 is 5.32 Å². The zero-order chi connectivity index (χ0) is 8.27. The summed E-state index contributed by atoms with van der Waals surface area (Å²) in [7, 11) is 0. The molecule has 0 amide bonds. The fourth-order valence-corrected chi connectivity index (χ4v) is 0.799. The molecule has 1 aromatic carbocycles. The molecule has 0 aromatic heterocycles. The number of anilines is 1. The van der Waals surface area contributed by atoms with Gasteiger partial charge in [0, 0.05) is 6.07 Å². The van der Waals surface area contributed by atoms with E-state index in [9.17, 15) is 8.78 Å². The van der Waals surface area contributed by atoms with Crippen LogP contribution in [-0.2, 0) is 0 Å². The van der Waals surface area contributed by atoms with Gasteiger partial charge < -0.3 is 5.32 Å². The Morgan fingerprint density at radius 3 is 2.73 bits per heavy atom. The van der Waals surface area contributed by atoms with Crippen molar-refractivity contribution in [2.75, 3.05) is 5.32 Å². The number of rotatable bonds is 2. The molecule has 0 saturated heterocycles. The minimum atomic E-state index is -0.521. The van der Waals surface area contributed by atoms with Crippen molar-refractivity contribution < 1.29 is 8.78 Å². The van der Waals surface area contributed by atoms with Gasteiger partial charge in [0.05, 0.1) is 11.2 Å². The van der Waals surface area contributed by atoms with E-state index < -0.39 is 11.6 Å². The minimum Gasteiger partial charge on any atom is -0.350 e. The zero-order valence-corrected chi connectivity index (χ0v) is 6.29. The first-order chi connectivity index (χ1) is 5.24. The molecule has 0 fully saturated rings. The number of hydrogen-bond donors (Lipinski definition) is 1. The maximum atomic E-state index is 12.7. The van der Waals surface area contributed by atoms with E-state index in [0.717, 1.165) is 23.7 Å². The Kier molecular flexibility index (Phi) is 2.48. The van der Waals surface area contributed by atoms with Gasteiger partial charge in [0.15, 0.2) is 0 Å². The molecule has 1 aromatic rings. The van der Waals surface area contributed by atoms with Gasteiger partial charge in [-0.05, 0) is 12.1 Å². The monoisotopic (exact) mass is 173 g/mol. The number of hydrogen-bond acceptors (Lipinski definition) is 1. The summed E-state index contributed by atoms with van der Waals surface area (Å²) in [5.41, 5.74) is 1.18. The molecule has 1 N–H and O–H groups in total. The highest BCUT2D eigenvalue weighted by Gasteiger charge is 2.00. The van der Waals surface area contributed by atoms with Gasteiger partial charge in [0.2, 0.25) is 0 Å². The summed E-state index contributed by atoms with van der Waals surface area (Å²) in [5.74, 6) is -1.02. The van der Waals surface area contributed by atoms with Crippen molar-refractivity contribution in [3.05, 3.63) is 29.8 Å². The quantitative estimate of drug-likeness (QED) is 0.689. The Morgan fingerprint density at radius 2 is 2.09 bits per heavy atom. The van der Waals surface area contributed by atoms with Crippen LogP contribution in [0, 0.1) is 11.6 Å². The van der Waals surface area contributed by atoms with Gasteiger partial charge in [-0.1, -0.05) is 12.2 Å². The maximum absolute atomic E-state index is 12.7. The molecular formula is C7H5F2NS. The highest BCUT2D eigenvalue weighted by Crippen LogP contribution is 2.13. The molecule has 0 bridgehead atoms. The Hall–Kier alpha value is -1.03. The molecule has 0 aliphatic carbocycles. The summed E-state index contributed by atoms with van der Waals surface area (Å²) < 4.78 is 25.1. The molecule has 0 aliphatic rings. The highest BCUT2D eigenvalue weighted by atomic mass is 32.1. The van der Waals surface area contributed by atoms with Crippen LogP contribution in [0.15, 0.2) is 18.2 Å². The van der Waals surface area contributed by atoms with Gasteiger partial charge >= 0.3 is 0 Å². The Balaban J connectivity index is 3.01. The smallest absolute Gasteiger partial charge is 0.146 e. The van der Waals surface area contributed by atoms with E-state index in [-0.39, 0.29) is 5.69 Å². The summed E-state index contributed by atoms with van der Waals surface area (Å²) >= 11 is 4.41. The fraction of sp³-hybridized carbons (Fsp3) is 0. The second-order valence-electron chi connectivity index (χ2n) is 1.89. The van der Waals surface area contributed by atoms with Crippen LogP contribution in [0.3, 0.4) is 0 Å². The molecule has 1 nitrogen and oxygen atoms in total. The molecular weight excluding hydrogens is 168 g/mol. The third-order valence-corrected chi connectivity index (χ3v) is 1.26. The van der Waals surface area contributed by atoms with Gasteiger partial charge in [0.1, 0.15) is 11.6 Å². The second kappa shape index (κ2) is 3.39. The van der Waals surface area contributed by atoms with Gasteiger partial charge in [-0.25, -0.2) is 8.78 Å². The van der Waals surface area contributed by atoms with Gasteiger partial charge in [0.25, 0.3) is 0 Å². The van der Waals surface area contributed by atoms with E-state index in [0.29, 0.717) is 0 Å². The molecule has 0 spiro atoms. The van der Waals surface area contributed by atoms with Crippen LogP contribution in [0.5, 0.6) is 0 Å². The Morgan fingerprint density at radius 1 is 1.36 bits per heavy atom. The summed E-state index contributed by atoms with van der Waals surface area (Å²) in [4.78, 5) is 0. The van der Waals surface area contributed by atoms with Crippen molar-refractivity contribution in [1.82, 2.24) is 0 Å². The molecule has 11 heavy (non-hydrogen) atoms. The van der Waals surface area contributed by atoms with Crippen molar-refractivity contribution >= 4 is 23.4 Å². The van der Waals surface area contributed by atoms with Crippen molar-refractivity contribution in [3.8, 4) is 0 Å². The number of thiocarbonyl (C=S) groups is 1. The Bertz CT molecular complexity index is 275. The fourth-order valence-electron chi connectivity index (χ4n) is 0.672. The van der Waals surface area contributed by atoms with E-state index in [4.69, 9.17) is 0 Å². The van der Waals surface area contributed by atoms with Crippen LogP contribution in [-0.4, -0.2) is 5.49 Å². The van der Waals surface area contributed by atoms with E-state index in [1.165, 1.54) is 0 Å². The van der Waals surface area contributed by atoms with Crippen molar-refractivity contribution in [2.24, 2.45) is 0 Å². The van der Waals surface area contributed by atoms with E-state index >= 15 is 0 Å². The van der Waals surface area contributed by atoms with Crippen molar-refractivity contribution in [3.63, 3.8) is 0 Å². The average Bonchev–Trinajstić information content (AvgIpc) is 1.98. The predicted molar refractivity (Wildman–Crippen MR) is 43.6 cm³/mol. The predicted octanol–water partition coefficient (Wildman–Crippen LogP) is 2.33. The average molecular weight is 173 g/mol. The first-order valence-electron chi connectivity index (χ1n) is 2.89. The lowest BCUT2D eigenvalue weighted by Gasteiger charge is -1.99. The van der Waals surface area contributed by atoms with Crippen molar-refractivity contribution in [1.29, 1.82) is 0 Å². The molecule has 4 heteroatoms. The van der Waals surface area contributed by atoms with Gasteiger partial charge in [-0.2, -0.15) is 0 Å². The third-order valence-electron chi connectivity index (χ3n) is 1.14. The van der Waals surface area contributed by atoms with Gasteiger partial charge in [-0.3, -0.25) is 0 Å². The number of halogens is 2. The maximum Gasteiger partial charge on any atom is 0.146 e. The second-order valence-corrected chi connectivity index (χ2v) is 2.12. The normalized spacial score (nSPS) is 9.27. The van der Waals surface area contributed by atoms with Gasteiger partial charge in [-0.15, -0.1) is 0 Å². The first kappa shape index (κ1) is 8.07. The van der Waals surface area contributed by atoms with Crippen LogP contribution >= 0.6 is 12.2 Å². The molecule has 0 heterocycles. The molecule has 0 unspecified atom stereocenters. The minimum absolute atomic E-state index is 0.0556. The molecule has 0 aliphatic heterocycles. The highest BCUT2D eigenvalue weighted by molar-refractivity contribution is 7.79. The molecule has 0 saturated carbocycles. The lowest BCUT2D eigenvalue weighted by Crippen LogP contribution is -1.95. The SMILES string of the molecule is Fc1ccc(F)c(NC=S)c1. The van der Waals surface area contributed by atoms with Crippen LogP contribution in [0.2, 0.25) is 0 Å². The first-order valence-corrected chi connectivity index (χ1v) is 3.36. The largest absolute Gasteiger partial charge is 0.350 e. The summed E-state index contributed by atoms with van der Waals surface area (Å²) in [5, 5.41) is 2.39. The molecule has 1 rings (SSSR count). The Labute approximate surface area is 68.0 Å². The van der Waals surface area contributed by atoms with E-state index in [1.54, 1.807) is 0 Å². The number of benzene rings is 1. The number of nitrogens with one attached hydrogen (secondary N) is 1. The molecule has 0 radical (unpaired) electrons. The summed E-state index contributed by atoms with van der Waals surface area (Å²) in [6.07, 6.45) is 0. The third kappa shape index (κ3) is 1.94. The molecule has 0 atom stereocenters.